The standard InChI is InChI=1S/C22H49N2.ClH/c1-4-5-6-7-8-9-10-11-12-13-14-15-16-17-18-21-24(2,3)22-19-20-23;/h4-23H2,1-3H3;1H/q+1;. The number of rotatable bonds is 19. The molecule has 0 unspecified atom stereocenters. The molecular weight excluding hydrogens is 328 g/mol. The average Bonchev–Trinajstić information content (AvgIpc) is 2.56. The van der Waals surface area contributed by atoms with Gasteiger partial charge in [-0.3, -0.25) is 0 Å². The molecule has 3 heteroatoms. The Bertz CT molecular complexity index is 244. The van der Waals surface area contributed by atoms with Crippen molar-refractivity contribution >= 4 is 12.4 Å². The van der Waals surface area contributed by atoms with Crippen LogP contribution < -0.4 is 5.73 Å². The summed E-state index contributed by atoms with van der Waals surface area (Å²) in [6.07, 6.45) is 22.9. The van der Waals surface area contributed by atoms with Crippen LogP contribution in [0.4, 0.5) is 0 Å². The van der Waals surface area contributed by atoms with E-state index in [-0.39, 0.29) is 12.4 Å². The summed E-state index contributed by atoms with van der Waals surface area (Å²) in [5.74, 6) is 0. The first-order valence-corrected chi connectivity index (χ1v) is 11.1. The number of halogens is 1. The van der Waals surface area contributed by atoms with E-state index in [0.29, 0.717) is 0 Å². The molecule has 0 aromatic heterocycles. The van der Waals surface area contributed by atoms with Crippen molar-refractivity contribution in [1.82, 2.24) is 0 Å². The second-order valence-corrected chi connectivity index (χ2v) is 8.47. The van der Waals surface area contributed by atoms with Crippen LogP contribution in [0, 0.1) is 0 Å². The summed E-state index contributed by atoms with van der Waals surface area (Å²) < 4.78 is 1.15. The molecule has 0 fully saturated rings. The third-order valence-electron chi connectivity index (χ3n) is 5.33. The normalized spacial score (nSPS) is 11.5. The molecule has 0 saturated heterocycles. The molecule has 0 spiro atoms. The fourth-order valence-electron chi connectivity index (χ4n) is 3.54. The molecule has 2 N–H and O–H groups in total. The van der Waals surface area contributed by atoms with Crippen LogP contribution in [0.2, 0.25) is 0 Å². The maximum atomic E-state index is 5.61. The summed E-state index contributed by atoms with van der Waals surface area (Å²) in [6.45, 7) is 5.68. The summed E-state index contributed by atoms with van der Waals surface area (Å²) in [5, 5.41) is 0. The quantitative estimate of drug-likeness (QED) is 0.196. The molecule has 0 radical (unpaired) electrons. The van der Waals surface area contributed by atoms with E-state index in [1.165, 1.54) is 109 Å². The van der Waals surface area contributed by atoms with Crippen LogP contribution in [0.25, 0.3) is 0 Å². The van der Waals surface area contributed by atoms with Gasteiger partial charge in [0.15, 0.2) is 0 Å². The van der Waals surface area contributed by atoms with E-state index < -0.39 is 0 Å². The van der Waals surface area contributed by atoms with Gasteiger partial charge >= 0.3 is 0 Å². The number of hydrogen-bond acceptors (Lipinski definition) is 1. The minimum Gasteiger partial charge on any atom is -0.330 e. The minimum absolute atomic E-state index is 0. The van der Waals surface area contributed by atoms with Crippen molar-refractivity contribution in [1.29, 1.82) is 0 Å². The molecule has 0 aromatic carbocycles. The van der Waals surface area contributed by atoms with Crippen molar-refractivity contribution < 1.29 is 4.48 Å². The molecule has 0 aliphatic rings. The van der Waals surface area contributed by atoms with Gasteiger partial charge in [0.25, 0.3) is 0 Å². The predicted molar refractivity (Wildman–Crippen MR) is 118 cm³/mol. The van der Waals surface area contributed by atoms with Gasteiger partial charge in [-0.1, -0.05) is 90.4 Å². The predicted octanol–water partition coefficient (Wildman–Crippen LogP) is 6.70. The third-order valence-corrected chi connectivity index (χ3v) is 5.33. The first kappa shape index (κ1) is 27.4. The number of nitrogens with zero attached hydrogens (tertiary/aromatic N) is 1. The number of nitrogens with two attached hydrogens (primary N) is 1. The zero-order valence-electron chi connectivity index (χ0n) is 17.9. The average molecular weight is 378 g/mol. The molecule has 0 aromatic rings. The van der Waals surface area contributed by atoms with Gasteiger partial charge in [0.1, 0.15) is 0 Å². The Morgan fingerprint density at radius 3 is 1.20 bits per heavy atom. The Labute approximate surface area is 166 Å². The van der Waals surface area contributed by atoms with E-state index >= 15 is 0 Å². The second-order valence-electron chi connectivity index (χ2n) is 8.47. The summed E-state index contributed by atoms with van der Waals surface area (Å²) in [4.78, 5) is 0. The number of hydrogen-bond donors (Lipinski definition) is 1. The maximum absolute atomic E-state index is 5.61. The van der Waals surface area contributed by atoms with Crippen molar-refractivity contribution in [2.45, 2.75) is 110 Å². The van der Waals surface area contributed by atoms with E-state index in [1.54, 1.807) is 0 Å². The molecule has 0 bridgehead atoms. The van der Waals surface area contributed by atoms with Crippen molar-refractivity contribution in [2.75, 3.05) is 33.7 Å². The highest BCUT2D eigenvalue weighted by Crippen LogP contribution is 2.13. The first-order chi connectivity index (χ1) is 11.6. The van der Waals surface area contributed by atoms with Crippen LogP contribution >= 0.6 is 12.4 Å². The van der Waals surface area contributed by atoms with Gasteiger partial charge in [-0.25, -0.2) is 0 Å². The van der Waals surface area contributed by atoms with Gasteiger partial charge in [-0.05, 0) is 19.4 Å². The molecule has 0 atom stereocenters. The van der Waals surface area contributed by atoms with E-state index in [1.807, 2.05) is 0 Å². The Morgan fingerprint density at radius 1 is 0.520 bits per heavy atom. The molecule has 0 rings (SSSR count). The summed E-state index contributed by atoms with van der Waals surface area (Å²) in [7, 11) is 4.69. The fraction of sp³-hybridized carbons (Fsp3) is 1.00. The fourth-order valence-corrected chi connectivity index (χ4v) is 3.54. The molecule has 0 aliphatic heterocycles. The van der Waals surface area contributed by atoms with Crippen LogP contribution in [0.5, 0.6) is 0 Å². The number of unbranched alkanes of at least 4 members (excludes halogenated alkanes) is 14. The lowest BCUT2D eigenvalue weighted by atomic mass is 10.0. The van der Waals surface area contributed by atoms with Crippen LogP contribution in [-0.2, 0) is 0 Å². The second kappa shape index (κ2) is 20.5. The van der Waals surface area contributed by atoms with Gasteiger partial charge in [0.05, 0.1) is 27.2 Å². The lowest BCUT2D eigenvalue weighted by Crippen LogP contribution is -2.41. The van der Waals surface area contributed by atoms with Gasteiger partial charge in [0.2, 0.25) is 0 Å². The van der Waals surface area contributed by atoms with Crippen LogP contribution in [0.1, 0.15) is 110 Å². The Balaban J connectivity index is 0. The van der Waals surface area contributed by atoms with Crippen molar-refractivity contribution in [2.24, 2.45) is 5.73 Å². The SMILES string of the molecule is CCCCCCCCCCCCCCCCC[N+](C)(C)CCCN.Cl. The highest BCUT2D eigenvalue weighted by atomic mass is 35.5. The number of quaternary nitrogens is 1. The van der Waals surface area contributed by atoms with E-state index in [2.05, 4.69) is 21.0 Å². The Morgan fingerprint density at radius 2 is 0.840 bits per heavy atom. The van der Waals surface area contributed by atoms with E-state index in [4.69, 9.17) is 5.73 Å². The smallest absolute Gasteiger partial charge is 0.0794 e. The van der Waals surface area contributed by atoms with Gasteiger partial charge in [-0.2, -0.15) is 0 Å². The zero-order valence-corrected chi connectivity index (χ0v) is 18.7. The third kappa shape index (κ3) is 22.2. The highest BCUT2D eigenvalue weighted by molar-refractivity contribution is 5.85. The molecule has 0 aliphatic carbocycles. The van der Waals surface area contributed by atoms with Crippen molar-refractivity contribution in [3.63, 3.8) is 0 Å². The zero-order chi connectivity index (χ0) is 17.9. The van der Waals surface area contributed by atoms with Crippen molar-refractivity contribution in [3.05, 3.63) is 0 Å². The van der Waals surface area contributed by atoms with Crippen LogP contribution in [-0.4, -0.2) is 38.2 Å². The Hall–Kier alpha value is 0.210. The molecule has 2 nitrogen and oxygen atoms in total. The maximum Gasteiger partial charge on any atom is 0.0794 e. The summed E-state index contributed by atoms with van der Waals surface area (Å²) in [6, 6.07) is 0. The van der Waals surface area contributed by atoms with Gasteiger partial charge in [-0.15, -0.1) is 12.4 Å². The lowest BCUT2D eigenvalue weighted by molar-refractivity contribution is -0.890. The molecule has 154 valence electrons. The van der Waals surface area contributed by atoms with Gasteiger partial charge in [0, 0.05) is 6.42 Å². The first-order valence-electron chi connectivity index (χ1n) is 11.1. The topological polar surface area (TPSA) is 26.0 Å². The summed E-state index contributed by atoms with van der Waals surface area (Å²) >= 11 is 0. The minimum atomic E-state index is 0. The lowest BCUT2D eigenvalue weighted by Gasteiger charge is -2.29. The largest absolute Gasteiger partial charge is 0.330 e. The van der Waals surface area contributed by atoms with E-state index in [9.17, 15) is 0 Å². The van der Waals surface area contributed by atoms with Crippen LogP contribution in [0.15, 0.2) is 0 Å². The summed E-state index contributed by atoms with van der Waals surface area (Å²) in [5.41, 5.74) is 5.61. The Kier molecular flexibility index (Phi) is 22.5. The van der Waals surface area contributed by atoms with Crippen molar-refractivity contribution in [3.8, 4) is 0 Å². The molecule has 0 saturated carbocycles. The molecule has 25 heavy (non-hydrogen) atoms. The molecule has 0 amide bonds. The van der Waals surface area contributed by atoms with E-state index in [0.717, 1.165) is 17.4 Å². The molecular formula is C22H50ClN2+. The molecule has 0 heterocycles. The van der Waals surface area contributed by atoms with Crippen LogP contribution in [0.3, 0.4) is 0 Å². The monoisotopic (exact) mass is 377 g/mol. The highest BCUT2D eigenvalue weighted by Gasteiger charge is 2.12. The van der Waals surface area contributed by atoms with Gasteiger partial charge < -0.3 is 10.2 Å².